The molecule has 1 unspecified atom stereocenters. The first kappa shape index (κ1) is 27.2. The number of methoxy groups -OCH3 is 1. The van der Waals surface area contributed by atoms with Gasteiger partial charge in [0, 0.05) is 23.4 Å². The van der Waals surface area contributed by atoms with Gasteiger partial charge in [-0.2, -0.15) is 11.8 Å². The average Bonchev–Trinajstić information content (AvgIpc) is 3.18. The van der Waals surface area contributed by atoms with Gasteiger partial charge in [-0.15, -0.1) is 0 Å². The standard InChI is InChI=1S/C29H41FN2O3S/c1-35-22-10-12-28-25(19-22)24(13-15-31-28)27(30)11-9-21-14-17-32(20-26(21)29(33)34)16-6-18-36-23-7-4-2-3-5-8-23/h10,12-13,15,19,21,23,26-27H,2-9,11,14,16-18,20H2,1H3,(H,33,34)/t21-,26+,27?/m1/s1. The average molecular weight is 517 g/mol. The number of carboxylic acid groups (broad SMARTS) is 1. The van der Waals surface area contributed by atoms with Gasteiger partial charge < -0.3 is 14.7 Å². The molecular formula is C29H41FN2O3S. The third kappa shape index (κ3) is 7.34. The van der Waals surface area contributed by atoms with Crippen LogP contribution in [-0.2, 0) is 4.79 Å². The van der Waals surface area contributed by atoms with Crippen LogP contribution in [-0.4, -0.2) is 58.7 Å². The summed E-state index contributed by atoms with van der Waals surface area (Å²) in [5.74, 6) is 0.688. The highest BCUT2D eigenvalue weighted by atomic mass is 32.2. The molecule has 1 saturated carbocycles. The number of halogens is 1. The first-order valence-corrected chi connectivity index (χ1v) is 14.7. The van der Waals surface area contributed by atoms with E-state index >= 15 is 4.39 Å². The Hall–Kier alpha value is -1.86. The Labute approximate surface area is 219 Å². The van der Waals surface area contributed by atoms with Gasteiger partial charge in [-0.05, 0) is 93.1 Å². The molecule has 2 heterocycles. The van der Waals surface area contributed by atoms with Crippen molar-refractivity contribution >= 4 is 28.6 Å². The molecule has 1 saturated heterocycles. The zero-order valence-corrected chi connectivity index (χ0v) is 22.4. The summed E-state index contributed by atoms with van der Waals surface area (Å²) in [6.07, 6.45) is 11.6. The van der Waals surface area contributed by atoms with Crippen LogP contribution < -0.4 is 4.74 Å². The minimum Gasteiger partial charge on any atom is -0.497 e. The highest BCUT2D eigenvalue weighted by Gasteiger charge is 2.34. The number of pyridine rings is 1. The normalized spacial score (nSPS) is 22.8. The van der Waals surface area contributed by atoms with Crippen molar-refractivity contribution in [3.63, 3.8) is 0 Å². The van der Waals surface area contributed by atoms with Crippen LogP contribution in [0.3, 0.4) is 0 Å². The molecule has 36 heavy (non-hydrogen) atoms. The zero-order chi connectivity index (χ0) is 25.3. The molecule has 2 fully saturated rings. The first-order valence-electron chi connectivity index (χ1n) is 13.7. The number of fused-ring (bicyclic) bond motifs is 1. The van der Waals surface area contributed by atoms with E-state index < -0.39 is 18.1 Å². The lowest BCUT2D eigenvalue weighted by atomic mass is 9.81. The number of alkyl halides is 1. The van der Waals surface area contributed by atoms with E-state index in [4.69, 9.17) is 4.74 Å². The predicted molar refractivity (Wildman–Crippen MR) is 146 cm³/mol. The number of carboxylic acids is 1. The SMILES string of the molecule is COc1ccc2nccc(C(F)CC[C@@H]3CCN(CCCSC4CCCCCC4)C[C@@H]3C(=O)O)c2c1. The number of rotatable bonds is 11. The van der Waals surface area contributed by atoms with Crippen molar-refractivity contribution in [3.05, 3.63) is 36.0 Å². The monoisotopic (exact) mass is 516 g/mol. The minimum absolute atomic E-state index is 0.0139. The summed E-state index contributed by atoms with van der Waals surface area (Å²) in [4.78, 5) is 18.8. The van der Waals surface area contributed by atoms with Crippen molar-refractivity contribution < 1.29 is 19.0 Å². The number of benzene rings is 1. The van der Waals surface area contributed by atoms with E-state index in [1.807, 2.05) is 18.2 Å². The number of likely N-dealkylation sites (tertiary alicyclic amines) is 1. The third-order valence-electron chi connectivity index (χ3n) is 8.04. The molecule has 1 aromatic carbocycles. The Kier molecular flexibility index (Phi) is 10.3. The number of nitrogens with zero attached hydrogens (tertiary/aromatic N) is 2. The number of carbonyl (C=O) groups is 1. The van der Waals surface area contributed by atoms with Gasteiger partial charge in [0.1, 0.15) is 11.9 Å². The fraction of sp³-hybridized carbons (Fsp3) is 0.655. The van der Waals surface area contributed by atoms with Crippen molar-refractivity contribution in [1.82, 2.24) is 9.88 Å². The Bertz CT molecular complexity index is 982. The molecule has 1 aliphatic carbocycles. The molecule has 1 aromatic heterocycles. The number of aliphatic carboxylic acids is 1. The Morgan fingerprint density at radius 2 is 2.03 bits per heavy atom. The second-order valence-electron chi connectivity index (χ2n) is 10.5. The fourth-order valence-electron chi connectivity index (χ4n) is 5.91. The number of aromatic nitrogens is 1. The van der Waals surface area contributed by atoms with Gasteiger partial charge in [0.2, 0.25) is 0 Å². The van der Waals surface area contributed by atoms with Crippen molar-refractivity contribution in [3.8, 4) is 5.75 Å². The topological polar surface area (TPSA) is 62.7 Å². The summed E-state index contributed by atoms with van der Waals surface area (Å²) in [6.45, 7) is 2.46. The van der Waals surface area contributed by atoms with Gasteiger partial charge in [0.05, 0.1) is 18.5 Å². The zero-order valence-electron chi connectivity index (χ0n) is 21.5. The van der Waals surface area contributed by atoms with Gasteiger partial charge in [-0.25, -0.2) is 4.39 Å². The van der Waals surface area contributed by atoms with E-state index in [2.05, 4.69) is 21.6 Å². The number of hydrogen-bond donors (Lipinski definition) is 1. The molecule has 5 nitrogen and oxygen atoms in total. The predicted octanol–water partition coefficient (Wildman–Crippen LogP) is 6.90. The summed E-state index contributed by atoms with van der Waals surface area (Å²) in [7, 11) is 1.60. The Balaban J connectivity index is 1.26. The third-order valence-corrected chi connectivity index (χ3v) is 9.51. The first-order chi connectivity index (χ1) is 17.5. The molecule has 198 valence electrons. The Morgan fingerprint density at radius 3 is 2.78 bits per heavy atom. The molecule has 1 N–H and O–H groups in total. The van der Waals surface area contributed by atoms with Gasteiger partial charge in [-0.3, -0.25) is 9.78 Å². The number of ether oxygens (including phenoxy) is 1. The summed E-state index contributed by atoms with van der Waals surface area (Å²) in [5, 5.41) is 11.5. The van der Waals surface area contributed by atoms with Gasteiger partial charge in [-0.1, -0.05) is 25.7 Å². The molecule has 0 bridgehead atoms. The summed E-state index contributed by atoms with van der Waals surface area (Å²) >= 11 is 2.12. The lowest BCUT2D eigenvalue weighted by Gasteiger charge is -2.37. The highest BCUT2D eigenvalue weighted by molar-refractivity contribution is 7.99. The van der Waals surface area contributed by atoms with Crippen LogP contribution in [0.2, 0.25) is 0 Å². The smallest absolute Gasteiger partial charge is 0.308 e. The van der Waals surface area contributed by atoms with E-state index in [9.17, 15) is 9.90 Å². The van der Waals surface area contributed by atoms with Crippen molar-refractivity contribution in [1.29, 1.82) is 0 Å². The van der Waals surface area contributed by atoms with Crippen LogP contribution in [0.1, 0.15) is 75.9 Å². The molecule has 7 heteroatoms. The molecule has 0 amide bonds. The molecule has 3 atom stereocenters. The van der Waals surface area contributed by atoms with Crippen LogP contribution in [0, 0.1) is 11.8 Å². The van der Waals surface area contributed by atoms with Crippen molar-refractivity contribution in [2.75, 3.05) is 32.5 Å². The van der Waals surface area contributed by atoms with E-state index in [1.54, 1.807) is 19.4 Å². The second-order valence-corrected chi connectivity index (χ2v) is 11.9. The van der Waals surface area contributed by atoms with Crippen molar-refractivity contribution in [2.45, 2.75) is 75.6 Å². The quantitative estimate of drug-likeness (QED) is 0.259. The summed E-state index contributed by atoms with van der Waals surface area (Å²) in [6, 6.07) is 7.23. The molecule has 4 rings (SSSR count). The largest absolute Gasteiger partial charge is 0.497 e. The molecule has 2 aliphatic rings. The van der Waals surface area contributed by atoms with Crippen molar-refractivity contribution in [2.24, 2.45) is 11.8 Å². The number of thioether (sulfide) groups is 1. The van der Waals surface area contributed by atoms with Crippen LogP contribution in [0.4, 0.5) is 4.39 Å². The Morgan fingerprint density at radius 1 is 1.22 bits per heavy atom. The fourth-order valence-corrected chi connectivity index (χ4v) is 7.20. The molecule has 0 spiro atoms. The van der Waals surface area contributed by atoms with Gasteiger partial charge in [0.25, 0.3) is 0 Å². The molecule has 2 aromatic rings. The van der Waals surface area contributed by atoms with Crippen LogP contribution >= 0.6 is 11.8 Å². The maximum absolute atomic E-state index is 15.4. The number of hydrogen-bond acceptors (Lipinski definition) is 5. The minimum atomic E-state index is -1.16. The van der Waals surface area contributed by atoms with Crippen LogP contribution in [0.15, 0.2) is 30.5 Å². The lowest BCUT2D eigenvalue weighted by Crippen LogP contribution is -2.44. The maximum atomic E-state index is 15.4. The summed E-state index contributed by atoms with van der Waals surface area (Å²) in [5.41, 5.74) is 1.35. The van der Waals surface area contributed by atoms with Crippen LogP contribution in [0.25, 0.3) is 10.9 Å². The van der Waals surface area contributed by atoms with Gasteiger partial charge in [0.15, 0.2) is 0 Å². The summed E-state index contributed by atoms with van der Waals surface area (Å²) < 4.78 is 20.7. The van der Waals surface area contributed by atoms with Gasteiger partial charge >= 0.3 is 5.97 Å². The van der Waals surface area contributed by atoms with E-state index in [0.717, 1.165) is 47.8 Å². The maximum Gasteiger partial charge on any atom is 0.308 e. The van der Waals surface area contributed by atoms with E-state index in [-0.39, 0.29) is 5.92 Å². The van der Waals surface area contributed by atoms with Crippen LogP contribution in [0.5, 0.6) is 5.75 Å². The highest BCUT2D eigenvalue weighted by Crippen LogP contribution is 2.35. The van der Waals surface area contributed by atoms with E-state index in [1.165, 1.54) is 38.5 Å². The lowest BCUT2D eigenvalue weighted by molar-refractivity contribution is -0.146. The second kappa shape index (κ2) is 13.6. The molecule has 0 radical (unpaired) electrons. The number of piperidine rings is 1. The molecular weight excluding hydrogens is 475 g/mol. The molecule has 1 aliphatic heterocycles. The van der Waals surface area contributed by atoms with E-state index in [0.29, 0.717) is 30.7 Å².